The molecule has 0 unspecified atom stereocenters. The van der Waals surface area contributed by atoms with E-state index in [-0.39, 0.29) is 70.3 Å². The molecule has 96 heavy (non-hydrogen) atoms. The van der Waals surface area contributed by atoms with E-state index in [1.54, 1.807) is 141 Å². The molecule has 0 radical (unpaired) electrons. The summed E-state index contributed by atoms with van der Waals surface area (Å²) in [5.74, 6) is -8.77. The van der Waals surface area contributed by atoms with Crippen LogP contribution in [0.15, 0.2) is 30.3 Å². The van der Waals surface area contributed by atoms with E-state index < -0.39 is 180 Å². The van der Waals surface area contributed by atoms with Crippen molar-refractivity contribution in [1.29, 1.82) is 0 Å². The molecule has 1 saturated heterocycles. The number of amides is 13. The zero-order chi connectivity index (χ0) is 72.9. The molecule has 1 fully saturated rings. The summed E-state index contributed by atoms with van der Waals surface area (Å²) in [6.45, 7) is 25.5. The lowest BCUT2D eigenvalue weighted by molar-refractivity contribution is -0.136. The molecule has 1 heterocycles. The van der Waals surface area contributed by atoms with Gasteiger partial charge in [0.15, 0.2) is 0 Å². The first-order valence-corrected chi connectivity index (χ1v) is 32.3. The van der Waals surface area contributed by atoms with Crippen LogP contribution >= 0.6 is 0 Å². The molecule has 2 rings (SSSR count). The molecule has 0 spiro atoms. The third kappa shape index (κ3) is 35.7. The highest BCUT2D eigenvalue weighted by molar-refractivity contribution is 5.98. The number of aliphatic hydroxyl groups excluding tert-OH is 1. The quantitative estimate of drug-likeness (QED) is 0.0741. The molecule has 1 aliphatic rings. The Kier molecular flexibility index (Phi) is 34.2. The lowest BCUT2D eigenvalue weighted by atomic mass is 9.99. The normalized spacial score (nSPS) is 20.7. The van der Waals surface area contributed by atoms with Gasteiger partial charge in [0, 0.05) is 32.7 Å². The summed E-state index contributed by atoms with van der Waals surface area (Å²) in [5, 5.41) is 44.2. The second kappa shape index (κ2) is 39.4. The smallest absolute Gasteiger partial charge is 0.408 e. The van der Waals surface area contributed by atoms with Crippen LogP contribution in [0.2, 0.25) is 0 Å². The Morgan fingerprint density at radius 1 is 0.479 bits per heavy atom. The summed E-state index contributed by atoms with van der Waals surface area (Å²) < 4.78 is 26.8. The summed E-state index contributed by atoms with van der Waals surface area (Å²) in [6.07, 6.45) is -8.43. The lowest BCUT2D eigenvalue weighted by Gasteiger charge is -2.29. The van der Waals surface area contributed by atoms with Gasteiger partial charge in [-0.1, -0.05) is 58.0 Å². The summed E-state index contributed by atoms with van der Waals surface area (Å²) in [4.78, 5) is 182. The average molecular weight is 1360 g/mol. The van der Waals surface area contributed by atoms with Crippen molar-refractivity contribution in [3.63, 3.8) is 0 Å². The van der Waals surface area contributed by atoms with Crippen LogP contribution in [0.5, 0.6) is 0 Å². The van der Waals surface area contributed by atoms with Crippen molar-refractivity contribution >= 4 is 77.7 Å². The van der Waals surface area contributed by atoms with E-state index in [0.29, 0.717) is 5.56 Å². The fourth-order valence-electron chi connectivity index (χ4n) is 8.93. The molecular formula is C64H107N13O19. The van der Waals surface area contributed by atoms with Crippen molar-refractivity contribution in [2.45, 2.75) is 246 Å². The van der Waals surface area contributed by atoms with Gasteiger partial charge in [-0.05, 0) is 152 Å². The van der Waals surface area contributed by atoms with Gasteiger partial charge in [0.1, 0.15) is 77.3 Å². The van der Waals surface area contributed by atoms with Crippen LogP contribution in [0.4, 0.5) is 24.0 Å². The SMILES string of the molecule is CC(C)C[C@@H]1NC(=O)[C@@H](CC(C)C)NC(=O)[C@H](CCNC(=O)OC(C)(C)C)NC(=O)[C@@H](NC(=O)[C@H](CCNC(=O)OC(C)(C)C)NC(=O)OCc2ccccc2)CCNC(=O)[C@H]([C@@H](C)O)NC(=O)[C@H](CCNC(=O)OC(C)(C)C)NC(=O)[C@H](CCNC(=O)OC(C)(C)C)NC1=O. The lowest BCUT2D eigenvalue weighted by Crippen LogP contribution is -2.61. The molecule has 32 nitrogen and oxygen atoms in total. The fraction of sp³-hybridized carbons (Fsp3) is 0.703. The number of carbonyl (C=O) groups is 13. The van der Waals surface area contributed by atoms with E-state index in [1.807, 2.05) is 0 Å². The van der Waals surface area contributed by atoms with Gasteiger partial charge in [-0.3, -0.25) is 38.4 Å². The topological polar surface area (TPSA) is 445 Å². The van der Waals surface area contributed by atoms with Gasteiger partial charge in [-0.15, -0.1) is 0 Å². The van der Waals surface area contributed by atoms with Gasteiger partial charge < -0.3 is 97.9 Å². The number of carbonyl (C=O) groups excluding carboxylic acids is 13. The number of rotatable bonds is 22. The van der Waals surface area contributed by atoms with Crippen molar-refractivity contribution < 1.29 is 91.1 Å². The highest BCUT2D eigenvalue weighted by Gasteiger charge is 2.37. The first-order valence-electron chi connectivity index (χ1n) is 32.3. The number of ether oxygens (including phenoxy) is 5. The van der Waals surface area contributed by atoms with Gasteiger partial charge in [0.25, 0.3) is 0 Å². The number of benzene rings is 1. The zero-order valence-corrected chi connectivity index (χ0v) is 58.7. The van der Waals surface area contributed by atoms with E-state index in [2.05, 4.69) is 69.1 Å². The molecule has 32 heteroatoms. The molecule has 1 aliphatic heterocycles. The predicted octanol–water partition coefficient (Wildman–Crippen LogP) is 2.33. The molecule has 0 aliphatic carbocycles. The Hall–Kier alpha value is -8.71. The van der Waals surface area contributed by atoms with Gasteiger partial charge >= 0.3 is 30.5 Å². The Labute approximate surface area is 562 Å². The van der Waals surface area contributed by atoms with Crippen LogP contribution in [-0.2, 0) is 68.6 Å². The number of hydrogen-bond acceptors (Lipinski definition) is 19. The third-order valence-corrected chi connectivity index (χ3v) is 13.2. The van der Waals surface area contributed by atoms with Crippen LogP contribution in [0.25, 0.3) is 0 Å². The largest absolute Gasteiger partial charge is 0.445 e. The van der Waals surface area contributed by atoms with Crippen LogP contribution < -0.4 is 69.1 Å². The van der Waals surface area contributed by atoms with E-state index in [1.165, 1.54) is 0 Å². The number of alkyl carbamates (subject to hydrolysis) is 5. The van der Waals surface area contributed by atoms with Crippen molar-refractivity contribution in [3.8, 4) is 0 Å². The Morgan fingerprint density at radius 3 is 1.21 bits per heavy atom. The maximum absolute atomic E-state index is 14.9. The van der Waals surface area contributed by atoms with Gasteiger partial charge in [-0.2, -0.15) is 0 Å². The number of hydrogen-bond donors (Lipinski definition) is 14. The highest BCUT2D eigenvalue weighted by atomic mass is 16.6. The van der Waals surface area contributed by atoms with Crippen molar-refractivity contribution in [2.75, 3.05) is 32.7 Å². The van der Waals surface area contributed by atoms with Gasteiger partial charge in [0.2, 0.25) is 47.3 Å². The van der Waals surface area contributed by atoms with Gasteiger partial charge in [0.05, 0.1) is 6.10 Å². The fourth-order valence-corrected chi connectivity index (χ4v) is 8.93. The maximum atomic E-state index is 14.9. The van der Waals surface area contributed by atoms with Crippen molar-refractivity contribution in [2.24, 2.45) is 11.8 Å². The Morgan fingerprint density at radius 2 is 0.833 bits per heavy atom. The highest BCUT2D eigenvalue weighted by Crippen LogP contribution is 2.15. The van der Waals surface area contributed by atoms with E-state index in [0.717, 1.165) is 6.92 Å². The minimum Gasteiger partial charge on any atom is -0.445 e. The molecule has 13 amide bonds. The maximum Gasteiger partial charge on any atom is 0.408 e. The molecule has 1 aromatic carbocycles. The monoisotopic (exact) mass is 1360 g/mol. The van der Waals surface area contributed by atoms with E-state index in [9.17, 15) is 67.4 Å². The van der Waals surface area contributed by atoms with Crippen LogP contribution in [0.1, 0.15) is 168 Å². The van der Waals surface area contributed by atoms with E-state index in [4.69, 9.17) is 23.7 Å². The average Bonchev–Trinajstić information content (AvgIpc) is 0.939. The molecule has 9 atom stereocenters. The standard InChI is InChI=1S/C64H107N13O19/c1-36(2)33-45-53(84)73-41(24-29-66-56(87)93-61(6,7)8)49(80)72-43(26-31-68-58(89)95-63(12,13)14)52(83)77-47(38(5)78)55(86)65-28-23-40(48(79)70-42(25-30-67-57(88)94-62(9,10)11)50(81)74-46(34-37(3)4)54(85)75-45)71-51(82)44(27-32-69-59(90)96-64(15,16)17)76-60(91)92-35-39-21-19-18-20-22-39/h18-22,36-38,40-47,78H,23-35H2,1-17H3,(H,65,86)(H,66,87)(H,67,88)(H,68,89)(H,69,90)(H,70,79)(H,71,82)(H,72,80)(H,73,84)(H,74,81)(H,75,85)(H,76,91)(H,77,83)/t38-,40+,41+,42+,43+,44+,45+,46-,47+/m1/s1. The minimum absolute atomic E-state index is 0.0534. The second-order valence-corrected chi connectivity index (χ2v) is 28.1. The molecule has 0 saturated carbocycles. The molecule has 14 N–H and O–H groups in total. The van der Waals surface area contributed by atoms with E-state index >= 15 is 0 Å². The van der Waals surface area contributed by atoms with Crippen LogP contribution in [0, 0.1) is 11.8 Å². The summed E-state index contributed by atoms with van der Waals surface area (Å²) in [7, 11) is 0. The van der Waals surface area contributed by atoms with Crippen molar-refractivity contribution in [3.05, 3.63) is 35.9 Å². The zero-order valence-electron chi connectivity index (χ0n) is 58.7. The second-order valence-electron chi connectivity index (χ2n) is 28.1. The summed E-state index contributed by atoms with van der Waals surface area (Å²) in [5.41, 5.74) is -3.16. The summed E-state index contributed by atoms with van der Waals surface area (Å²) in [6, 6.07) is -4.42. The Bertz CT molecular complexity index is 2780. The third-order valence-electron chi connectivity index (χ3n) is 13.2. The predicted molar refractivity (Wildman–Crippen MR) is 351 cm³/mol. The van der Waals surface area contributed by atoms with Crippen molar-refractivity contribution in [1.82, 2.24) is 69.1 Å². The molecule has 0 aromatic heterocycles. The van der Waals surface area contributed by atoms with Crippen LogP contribution in [0.3, 0.4) is 0 Å². The molecule has 0 bridgehead atoms. The molecule has 542 valence electrons. The molecule has 1 aromatic rings. The number of nitrogens with one attached hydrogen (secondary N) is 13. The molecular weight excluding hydrogens is 1250 g/mol. The first kappa shape index (κ1) is 83.4. The van der Waals surface area contributed by atoms with Gasteiger partial charge in [-0.25, -0.2) is 24.0 Å². The summed E-state index contributed by atoms with van der Waals surface area (Å²) >= 11 is 0. The first-order chi connectivity index (χ1) is 44.4. The van der Waals surface area contributed by atoms with Crippen LogP contribution in [-0.4, -0.2) is 192 Å². The number of aliphatic hydroxyl groups is 1. The minimum atomic E-state index is -1.83. The Balaban J connectivity index is 2.95.